The molecule has 0 fully saturated rings. The highest BCUT2D eigenvalue weighted by molar-refractivity contribution is 6.32. The largest absolute Gasteiger partial charge is 0.467 e. The summed E-state index contributed by atoms with van der Waals surface area (Å²) in [5.74, 6) is -0.922. The van der Waals surface area contributed by atoms with E-state index in [2.05, 4.69) is 5.32 Å². The van der Waals surface area contributed by atoms with Crippen LogP contribution in [0.1, 0.15) is 15.9 Å². The standard InChI is InChI=1S/C17H14ClNO3/c1-22-16(21)17(10-11-5-3-2-4-6-11)15(20)13-9-12(18)7-8-14(13)19-17/h2-9,19H,10H2,1H3. The van der Waals surface area contributed by atoms with Gasteiger partial charge in [0.25, 0.3) is 0 Å². The Labute approximate surface area is 133 Å². The van der Waals surface area contributed by atoms with Gasteiger partial charge in [0.2, 0.25) is 11.3 Å². The highest BCUT2D eigenvalue weighted by Gasteiger charge is 2.52. The maximum absolute atomic E-state index is 12.9. The highest BCUT2D eigenvalue weighted by Crippen LogP contribution is 2.37. The predicted octanol–water partition coefficient (Wildman–Crippen LogP) is 3.10. The molecular weight excluding hydrogens is 302 g/mol. The Bertz CT molecular complexity index is 745. The van der Waals surface area contributed by atoms with Gasteiger partial charge in [-0.1, -0.05) is 41.9 Å². The summed E-state index contributed by atoms with van der Waals surface area (Å²) in [5.41, 5.74) is 0.431. The molecule has 2 aromatic rings. The number of ketones is 1. The molecule has 1 unspecified atom stereocenters. The van der Waals surface area contributed by atoms with Gasteiger partial charge in [0.15, 0.2) is 0 Å². The lowest BCUT2D eigenvalue weighted by Crippen LogP contribution is -2.52. The van der Waals surface area contributed by atoms with E-state index in [0.717, 1.165) is 5.56 Å². The molecular formula is C17H14ClNO3. The fraction of sp³-hybridized carbons (Fsp3) is 0.176. The van der Waals surface area contributed by atoms with Gasteiger partial charge in [-0.15, -0.1) is 0 Å². The van der Waals surface area contributed by atoms with Crippen molar-refractivity contribution in [3.05, 3.63) is 64.7 Å². The Kier molecular flexibility index (Phi) is 3.62. The fourth-order valence-electron chi connectivity index (χ4n) is 2.75. The number of methoxy groups -OCH3 is 1. The van der Waals surface area contributed by atoms with Crippen LogP contribution in [-0.4, -0.2) is 24.4 Å². The van der Waals surface area contributed by atoms with E-state index in [9.17, 15) is 9.59 Å². The van der Waals surface area contributed by atoms with Crippen LogP contribution in [0.25, 0.3) is 0 Å². The van der Waals surface area contributed by atoms with Crippen LogP contribution >= 0.6 is 11.6 Å². The van der Waals surface area contributed by atoms with Crippen molar-refractivity contribution in [1.29, 1.82) is 0 Å². The van der Waals surface area contributed by atoms with E-state index < -0.39 is 11.5 Å². The summed E-state index contributed by atoms with van der Waals surface area (Å²) in [6, 6.07) is 14.3. The molecule has 4 nitrogen and oxygen atoms in total. The minimum Gasteiger partial charge on any atom is -0.467 e. The summed E-state index contributed by atoms with van der Waals surface area (Å²) in [4.78, 5) is 25.2. The summed E-state index contributed by atoms with van der Waals surface area (Å²) >= 11 is 5.96. The van der Waals surface area contributed by atoms with Crippen molar-refractivity contribution in [1.82, 2.24) is 0 Å². The zero-order valence-electron chi connectivity index (χ0n) is 11.9. The summed E-state index contributed by atoms with van der Waals surface area (Å²) in [6.45, 7) is 0. The van der Waals surface area contributed by atoms with E-state index in [1.807, 2.05) is 30.3 Å². The Morgan fingerprint density at radius 2 is 1.95 bits per heavy atom. The average molecular weight is 316 g/mol. The molecule has 0 amide bonds. The fourth-order valence-corrected chi connectivity index (χ4v) is 2.92. The number of rotatable bonds is 3. The van der Waals surface area contributed by atoms with Crippen LogP contribution in [-0.2, 0) is 16.0 Å². The molecule has 1 atom stereocenters. The zero-order chi connectivity index (χ0) is 15.7. The molecule has 0 radical (unpaired) electrons. The summed E-state index contributed by atoms with van der Waals surface area (Å²) in [5, 5.41) is 3.49. The third-order valence-corrected chi connectivity index (χ3v) is 4.04. The van der Waals surface area contributed by atoms with E-state index in [-0.39, 0.29) is 12.2 Å². The van der Waals surface area contributed by atoms with E-state index in [1.165, 1.54) is 7.11 Å². The molecule has 3 rings (SSSR count). The van der Waals surface area contributed by atoms with Crippen LogP contribution < -0.4 is 5.32 Å². The minimum absolute atomic E-state index is 0.214. The predicted molar refractivity (Wildman–Crippen MR) is 84.3 cm³/mol. The van der Waals surface area contributed by atoms with E-state index in [1.54, 1.807) is 18.2 Å². The Balaban J connectivity index is 2.06. The summed E-state index contributed by atoms with van der Waals surface area (Å²) in [6.07, 6.45) is 0.214. The molecule has 5 heteroatoms. The Hall–Kier alpha value is -2.33. The third-order valence-electron chi connectivity index (χ3n) is 3.81. The summed E-state index contributed by atoms with van der Waals surface area (Å²) in [7, 11) is 1.28. The van der Waals surface area contributed by atoms with Gasteiger partial charge < -0.3 is 10.1 Å². The van der Waals surface area contributed by atoms with Crippen molar-refractivity contribution >= 4 is 29.0 Å². The van der Waals surface area contributed by atoms with Crippen molar-refractivity contribution < 1.29 is 14.3 Å². The number of anilines is 1. The van der Waals surface area contributed by atoms with Crippen LogP contribution in [0.3, 0.4) is 0 Å². The number of ether oxygens (including phenoxy) is 1. The Morgan fingerprint density at radius 1 is 1.23 bits per heavy atom. The first-order chi connectivity index (χ1) is 10.6. The van der Waals surface area contributed by atoms with Crippen molar-refractivity contribution in [2.75, 3.05) is 12.4 Å². The number of benzene rings is 2. The third kappa shape index (κ3) is 2.25. The monoisotopic (exact) mass is 315 g/mol. The number of carbonyl (C=O) groups excluding carboxylic acids is 2. The lowest BCUT2D eigenvalue weighted by atomic mass is 9.86. The molecule has 0 bridgehead atoms. The van der Waals surface area contributed by atoms with Gasteiger partial charge in [-0.05, 0) is 23.8 Å². The van der Waals surface area contributed by atoms with Gasteiger partial charge in [-0.2, -0.15) is 0 Å². The van der Waals surface area contributed by atoms with Crippen molar-refractivity contribution in [3.8, 4) is 0 Å². The maximum atomic E-state index is 12.9. The lowest BCUT2D eigenvalue weighted by molar-refractivity contribution is -0.144. The number of fused-ring (bicyclic) bond motifs is 1. The molecule has 0 saturated heterocycles. The van der Waals surface area contributed by atoms with E-state index in [0.29, 0.717) is 16.3 Å². The number of hydrogen-bond acceptors (Lipinski definition) is 4. The molecule has 0 spiro atoms. The first-order valence-corrected chi connectivity index (χ1v) is 7.19. The van der Waals surface area contributed by atoms with Crippen LogP contribution in [0.5, 0.6) is 0 Å². The summed E-state index contributed by atoms with van der Waals surface area (Å²) < 4.78 is 4.89. The number of nitrogens with one attached hydrogen (secondary N) is 1. The van der Waals surface area contributed by atoms with Gasteiger partial charge in [0.1, 0.15) is 0 Å². The number of esters is 1. The molecule has 22 heavy (non-hydrogen) atoms. The second kappa shape index (κ2) is 5.46. The molecule has 112 valence electrons. The van der Waals surface area contributed by atoms with Gasteiger partial charge >= 0.3 is 5.97 Å². The van der Waals surface area contributed by atoms with Crippen molar-refractivity contribution in [2.45, 2.75) is 12.0 Å². The Morgan fingerprint density at radius 3 is 2.64 bits per heavy atom. The average Bonchev–Trinajstić information content (AvgIpc) is 2.81. The van der Waals surface area contributed by atoms with E-state index >= 15 is 0 Å². The molecule has 1 aliphatic rings. The van der Waals surface area contributed by atoms with Crippen LogP contribution in [0.2, 0.25) is 5.02 Å². The number of hydrogen-bond donors (Lipinski definition) is 1. The topological polar surface area (TPSA) is 55.4 Å². The van der Waals surface area contributed by atoms with Crippen molar-refractivity contribution in [2.24, 2.45) is 0 Å². The molecule has 1 heterocycles. The zero-order valence-corrected chi connectivity index (χ0v) is 12.7. The molecule has 1 N–H and O–H groups in total. The van der Waals surface area contributed by atoms with Crippen LogP contribution in [0.15, 0.2) is 48.5 Å². The van der Waals surface area contributed by atoms with E-state index in [4.69, 9.17) is 16.3 Å². The molecule has 0 saturated carbocycles. The first kappa shape index (κ1) is 14.6. The molecule has 0 aliphatic carbocycles. The van der Waals surface area contributed by atoms with Gasteiger partial charge in [-0.25, -0.2) is 4.79 Å². The highest BCUT2D eigenvalue weighted by atomic mass is 35.5. The maximum Gasteiger partial charge on any atom is 0.340 e. The van der Waals surface area contributed by atoms with Gasteiger partial charge in [0, 0.05) is 22.7 Å². The quantitative estimate of drug-likeness (QED) is 0.698. The minimum atomic E-state index is -1.44. The second-order valence-electron chi connectivity index (χ2n) is 5.20. The number of Topliss-reactive ketones (excluding diaryl/α,β-unsaturated/α-hetero) is 1. The number of halogens is 1. The molecule has 2 aromatic carbocycles. The van der Waals surface area contributed by atoms with Crippen LogP contribution in [0.4, 0.5) is 5.69 Å². The van der Waals surface area contributed by atoms with Gasteiger partial charge in [-0.3, -0.25) is 4.79 Å². The normalized spacial score (nSPS) is 19.5. The molecule has 0 aromatic heterocycles. The number of carbonyl (C=O) groups is 2. The lowest BCUT2D eigenvalue weighted by Gasteiger charge is -2.25. The van der Waals surface area contributed by atoms with Crippen LogP contribution in [0, 0.1) is 0 Å². The van der Waals surface area contributed by atoms with Crippen molar-refractivity contribution in [3.63, 3.8) is 0 Å². The SMILES string of the molecule is COC(=O)C1(Cc2ccccc2)Nc2ccc(Cl)cc2C1=O. The smallest absolute Gasteiger partial charge is 0.340 e. The molecule has 1 aliphatic heterocycles. The first-order valence-electron chi connectivity index (χ1n) is 6.82. The second-order valence-corrected chi connectivity index (χ2v) is 5.64. The van der Waals surface area contributed by atoms with Gasteiger partial charge in [0.05, 0.1) is 7.11 Å².